The van der Waals surface area contributed by atoms with Gasteiger partial charge in [0, 0.05) is 16.1 Å². The molecule has 0 bridgehead atoms. The van der Waals surface area contributed by atoms with Crippen molar-refractivity contribution in [2.45, 2.75) is 13.3 Å². The fraction of sp³-hybridized carbons (Fsp3) is 0.188. The Hall–Kier alpha value is -2.09. The van der Waals surface area contributed by atoms with Gasteiger partial charge < -0.3 is 11.1 Å². The highest BCUT2D eigenvalue weighted by Gasteiger charge is 2.07. The van der Waals surface area contributed by atoms with Gasteiger partial charge in [-0.25, -0.2) is 0 Å². The second kappa shape index (κ2) is 6.90. The molecule has 2 rings (SSSR count). The Morgan fingerprint density at radius 1 is 1.40 bits per heavy atom. The van der Waals surface area contributed by atoms with Crippen LogP contribution in [0.25, 0.3) is 0 Å². The van der Waals surface area contributed by atoms with Crippen LogP contribution in [-0.2, 0) is 11.2 Å². The third-order valence-corrected chi connectivity index (χ3v) is 3.64. The van der Waals surface area contributed by atoms with Crippen LogP contribution in [0.1, 0.15) is 16.0 Å². The van der Waals surface area contributed by atoms with Crippen molar-refractivity contribution in [2.75, 3.05) is 11.9 Å². The number of aryl methyl sites for hydroxylation is 1. The van der Waals surface area contributed by atoms with Gasteiger partial charge >= 0.3 is 0 Å². The molecule has 0 saturated heterocycles. The molecule has 3 N–H and O–H groups in total. The standard InChI is InChI=1S/C16H16N2OS/c1-12-6-7-13(4-2-8-17)10-15(12)18-16(19)11-14-5-3-9-20-14/h3,5-7,9-10H,8,11,17H2,1H3,(H,18,19). The highest BCUT2D eigenvalue weighted by molar-refractivity contribution is 7.10. The number of nitrogens with two attached hydrogens (primary N) is 1. The molecule has 20 heavy (non-hydrogen) atoms. The minimum Gasteiger partial charge on any atom is -0.325 e. The highest BCUT2D eigenvalue weighted by atomic mass is 32.1. The van der Waals surface area contributed by atoms with E-state index in [0.717, 1.165) is 21.7 Å². The van der Waals surface area contributed by atoms with Gasteiger partial charge in [0.2, 0.25) is 5.91 Å². The second-order valence-corrected chi connectivity index (χ2v) is 5.37. The maximum atomic E-state index is 12.0. The molecule has 4 heteroatoms. The lowest BCUT2D eigenvalue weighted by Gasteiger charge is -2.08. The molecule has 102 valence electrons. The zero-order valence-electron chi connectivity index (χ0n) is 11.3. The number of benzene rings is 1. The Bertz CT molecular complexity index is 651. The van der Waals surface area contributed by atoms with E-state index in [1.165, 1.54) is 0 Å². The van der Waals surface area contributed by atoms with Crippen LogP contribution in [0, 0.1) is 18.8 Å². The number of thiophene rings is 1. The number of anilines is 1. The molecule has 0 aliphatic heterocycles. The zero-order valence-corrected chi connectivity index (χ0v) is 12.1. The zero-order chi connectivity index (χ0) is 14.4. The number of hydrogen-bond acceptors (Lipinski definition) is 3. The maximum absolute atomic E-state index is 12.0. The van der Waals surface area contributed by atoms with Crippen molar-refractivity contribution in [2.24, 2.45) is 5.73 Å². The van der Waals surface area contributed by atoms with E-state index in [1.807, 2.05) is 42.6 Å². The van der Waals surface area contributed by atoms with E-state index in [1.54, 1.807) is 11.3 Å². The summed E-state index contributed by atoms with van der Waals surface area (Å²) in [5.41, 5.74) is 8.03. The molecule has 0 atom stereocenters. The molecule has 0 fully saturated rings. The fourth-order valence-corrected chi connectivity index (χ4v) is 2.46. The predicted octanol–water partition coefficient (Wildman–Crippen LogP) is 2.55. The van der Waals surface area contributed by atoms with Crippen LogP contribution in [0.15, 0.2) is 35.7 Å². The third kappa shape index (κ3) is 3.95. The van der Waals surface area contributed by atoms with Crippen LogP contribution in [0.4, 0.5) is 5.69 Å². The van der Waals surface area contributed by atoms with E-state index in [9.17, 15) is 4.79 Å². The molecular weight excluding hydrogens is 268 g/mol. The minimum absolute atomic E-state index is 0.0144. The number of carbonyl (C=O) groups excluding carboxylic acids is 1. The van der Waals surface area contributed by atoms with Crippen LogP contribution >= 0.6 is 11.3 Å². The summed E-state index contributed by atoms with van der Waals surface area (Å²) in [6.45, 7) is 2.29. The van der Waals surface area contributed by atoms with Crippen LogP contribution < -0.4 is 11.1 Å². The van der Waals surface area contributed by atoms with Crippen molar-refractivity contribution < 1.29 is 4.79 Å². The van der Waals surface area contributed by atoms with Crippen LogP contribution in [-0.4, -0.2) is 12.5 Å². The molecule has 2 aromatic rings. The van der Waals surface area contributed by atoms with Crippen molar-refractivity contribution in [1.29, 1.82) is 0 Å². The average molecular weight is 284 g/mol. The Labute approximate surface area is 122 Å². The average Bonchev–Trinajstić information content (AvgIpc) is 2.92. The molecular formula is C16H16N2OS. The van der Waals surface area contributed by atoms with Gasteiger partial charge in [-0.1, -0.05) is 24.0 Å². The van der Waals surface area contributed by atoms with E-state index in [-0.39, 0.29) is 5.91 Å². The Balaban J connectivity index is 2.09. The van der Waals surface area contributed by atoms with Gasteiger partial charge in [-0.2, -0.15) is 0 Å². The number of nitrogens with one attached hydrogen (secondary N) is 1. The Morgan fingerprint density at radius 3 is 2.95 bits per heavy atom. The molecule has 0 radical (unpaired) electrons. The molecule has 0 unspecified atom stereocenters. The van der Waals surface area contributed by atoms with Gasteiger partial charge in [0.05, 0.1) is 13.0 Å². The summed E-state index contributed by atoms with van der Waals surface area (Å²) in [4.78, 5) is 13.1. The summed E-state index contributed by atoms with van der Waals surface area (Å²) in [7, 11) is 0. The summed E-state index contributed by atoms with van der Waals surface area (Å²) in [5, 5.41) is 4.90. The van der Waals surface area contributed by atoms with Crippen molar-refractivity contribution in [3.63, 3.8) is 0 Å². The van der Waals surface area contributed by atoms with Gasteiger partial charge in [0.1, 0.15) is 0 Å². The first-order valence-corrected chi connectivity index (χ1v) is 7.19. The Morgan fingerprint density at radius 2 is 2.25 bits per heavy atom. The lowest BCUT2D eigenvalue weighted by molar-refractivity contribution is -0.115. The van der Waals surface area contributed by atoms with Gasteiger partial charge in [-0.15, -0.1) is 11.3 Å². The maximum Gasteiger partial charge on any atom is 0.229 e. The van der Waals surface area contributed by atoms with Crippen molar-refractivity contribution in [1.82, 2.24) is 0 Å². The van der Waals surface area contributed by atoms with Crippen molar-refractivity contribution >= 4 is 22.9 Å². The molecule has 0 spiro atoms. The summed E-state index contributed by atoms with van der Waals surface area (Å²) in [5.74, 6) is 5.76. The van der Waals surface area contributed by atoms with E-state index in [0.29, 0.717) is 13.0 Å². The molecule has 0 saturated carbocycles. The molecule has 0 aliphatic rings. The normalized spacial score (nSPS) is 9.70. The smallest absolute Gasteiger partial charge is 0.229 e. The number of hydrogen-bond donors (Lipinski definition) is 2. The third-order valence-electron chi connectivity index (χ3n) is 2.76. The highest BCUT2D eigenvalue weighted by Crippen LogP contribution is 2.17. The van der Waals surface area contributed by atoms with Crippen LogP contribution in [0.2, 0.25) is 0 Å². The lowest BCUT2D eigenvalue weighted by atomic mass is 10.1. The lowest BCUT2D eigenvalue weighted by Crippen LogP contribution is -2.14. The van der Waals surface area contributed by atoms with Gasteiger partial charge in [0.25, 0.3) is 0 Å². The summed E-state index contributed by atoms with van der Waals surface area (Å²) in [6.07, 6.45) is 0.399. The van der Waals surface area contributed by atoms with E-state index >= 15 is 0 Å². The largest absolute Gasteiger partial charge is 0.325 e. The van der Waals surface area contributed by atoms with Crippen LogP contribution in [0.3, 0.4) is 0 Å². The van der Waals surface area contributed by atoms with E-state index in [2.05, 4.69) is 17.2 Å². The predicted molar refractivity (Wildman–Crippen MR) is 83.8 cm³/mol. The van der Waals surface area contributed by atoms with E-state index < -0.39 is 0 Å². The first-order valence-electron chi connectivity index (χ1n) is 6.31. The van der Waals surface area contributed by atoms with Crippen LogP contribution in [0.5, 0.6) is 0 Å². The van der Waals surface area contributed by atoms with Crippen molar-refractivity contribution in [3.05, 3.63) is 51.7 Å². The summed E-state index contributed by atoms with van der Waals surface area (Å²) >= 11 is 1.58. The first-order chi connectivity index (χ1) is 9.69. The molecule has 1 amide bonds. The molecule has 1 heterocycles. The van der Waals surface area contributed by atoms with Gasteiger partial charge in [-0.05, 0) is 36.1 Å². The van der Waals surface area contributed by atoms with Gasteiger partial charge in [0.15, 0.2) is 0 Å². The molecule has 1 aromatic heterocycles. The van der Waals surface area contributed by atoms with Crippen molar-refractivity contribution in [3.8, 4) is 11.8 Å². The molecule has 0 aliphatic carbocycles. The monoisotopic (exact) mass is 284 g/mol. The quantitative estimate of drug-likeness (QED) is 0.851. The topological polar surface area (TPSA) is 55.1 Å². The van der Waals surface area contributed by atoms with Gasteiger partial charge in [-0.3, -0.25) is 4.79 Å². The molecule has 1 aromatic carbocycles. The minimum atomic E-state index is -0.0144. The number of rotatable bonds is 3. The number of carbonyl (C=O) groups is 1. The fourth-order valence-electron chi connectivity index (χ4n) is 1.75. The summed E-state index contributed by atoms with van der Waals surface area (Å²) < 4.78 is 0. The SMILES string of the molecule is Cc1ccc(C#CCN)cc1NC(=O)Cc1cccs1. The summed E-state index contributed by atoms with van der Waals surface area (Å²) in [6, 6.07) is 9.65. The number of amides is 1. The first kappa shape index (κ1) is 14.3. The van der Waals surface area contributed by atoms with E-state index in [4.69, 9.17) is 5.73 Å². The Kier molecular flexibility index (Phi) is 4.94. The molecule has 3 nitrogen and oxygen atoms in total. The second-order valence-electron chi connectivity index (χ2n) is 4.34.